The lowest BCUT2D eigenvalue weighted by Crippen LogP contribution is -2.11. The van der Waals surface area contributed by atoms with Gasteiger partial charge in [-0.25, -0.2) is 9.37 Å². The number of nitrogens with zero attached hydrogens (tertiary/aromatic N) is 3. The summed E-state index contributed by atoms with van der Waals surface area (Å²) in [5.74, 6) is -0.171. The van der Waals surface area contributed by atoms with Crippen molar-refractivity contribution in [1.29, 1.82) is 0 Å². The van der Waals surface area contributed by atoms with E-state index in [2.05, 4.69) is 4.98 Å². The molecule has 8 heteroatoms. The molecule has 0 fully saturated rings. The number of aromatic nitrogens is 2. The molecule has 21 heavy (non-hydrogen) atoms. The summed E-state index contributed by atoms with van der Waals surface area (Å²) in [6.07, 6.45) is 2.50. The topological polar surface area (TPSA) is 91.2 Å². The lowest BCUT2D eigenvalue weighted by Gasteiger charge is -2.01. The van der Waals surface area contributed by atoms with Crippen LogP contribution in [-0.4, -0.2) is 14.5 Å². The molecule has 3 rings (SSSR count). The maximum atomic E-state index is 13.1. The van der Waals surface area contributed by atoms with E-state index in [0.717, 1.165) is 12.3 Å². The van der Waals surface area contributed by atoms with Crippen LogP contribution in [0.25, 0.3) is 11.1 Å². The highest BCUT2D eigenvalue weighted by atomic mass is 19.1. The molecule has 0 saturated heterocycles. The van der Waals surface area contributed by atoms with E-state index in [1.54, 1.807) is 0 Å². The Hall–Kier alpha value is -3.03. The van der Waals surface area contributed by atoms with Gasteiger partial charge >= 0.3 is 5.69 Å². The summed E-state index contributed by atoms with van der Waals surface area (Å²) in [7, 11) is 0. The number of fused-ring (bicyclic) bond motifs is 1. The lowest BCUT2D eigenvalue weighted by molar-refractivity contribution is -0.386. The number of halogens is 1. The fraction of sp³-hybridized carbons (Fsp3) is 0.0769. The molecule has 0 saturated carbocycles. The summed E-state index contributed by atoms with van der Waals surface area (Å²) < 4.78 is 19.9. The zero-order chi connectivity index (χ0) is 15.0. The fourth-order valence-corrected chi connectivity index (χ4v) is 1.92. The molecule has 0 aliphatic carbocycles. The predicted octanol–water partition coefficient (Wildman–Crippen LogP) is 2.09. The van der Waals surface area contributed by atoms with Gasteiger partial charge in [-0.1, -0.05) is 0 Å². The van der Waals surface area contributed by atoms with Crippen molar-refractivity contribution in [1.82, 2.24) is 9.55 Å². The van der Waals surface area contributed by atoms with E-state index in [9.17, 15) is 19.3 Å². The van der Waals surface area contributed by atoms with Crippen LogP contribution in [0.5, 0.6) is 0 Å². The van der Waals surface area contributed by atoms with Crippen LogP contribution in [0.2, 0.25) is 0 Å². The average Bonchev–Trinajstić information content (AvgIpc) is 2.82. The Bertz CT molecular complexity index is 900. The van der Waals surface area contributed by atoms with Gasteiger partial charge in [0.1, 0.15) is 11.3 Å². The maximum absolute atomic E-state index is 13.1. The minimum atomic E-state index is -0.750. The molecule has 0 amide bonds. The van der Waals surface area contributed by atoms with Gasteiger partial charge in [-0.05, 0) is 12.1 Å². The van der Waals surface area contributed by atoms with Gasteiger partial charge in [0.15, 0.2) is 5.58 Å². The van der Waals surface area contributed by atoms with Crippen molar-refractivity contribution in [3.63, 3.8) is 0 Å². The molecule has 0 radical (unpaired) electrons. The molecular weight excluding hydrogens is 281 g/mol. The molecule has 0 spiro atoms. The van der Waals surface area contributed by atoms with E-state index >= 15 is 0 Å². The summed E-state index contributed by atoms with van der Waals surface area (Å²) in [5, 5.41) is 10.7. The average molecular weight is 289 g/mol. The summed E-state index contributed by atoms with van der Waals surface area (Å²) in [4.78, 5) is 25.4. The minimum Gasteiger partial charge on any atom is -0.439 e. The van der Waals surface area contributed by atoms with E-state index in [1.807, 2.05) is 0 Å². The Labute approximate surface area is 116 Å². The summed E-state index contributed by atoms with van der Waals surface area (Å²) in [6.45, 7) is 0.0947. The van der Waals surface area contributed by atoms with Crippen LogP contribution >= 0.6 is 0 Å². The van der Waals surface area contributed by atoms with Gasteiger partial charge in [-0.3, -0.25) is 14.9 Å². The summed E-state index contributed by atoms with van der Waals surface area (Å²) in [5.41, 5.74) is -0.418. The molecule has 106 valence electrons. The maximum Gasteiger partial charge on any atom is 0.332 e. The van der Waals surface area contributed by atoms with E-state index in [4.69, 9.17) is 4.42 Å². The molecule has 0 aliphatic rings. The zero-order valence-electron chi connectivity index (χ0n) is 10.5. The quantitative estimate of drug-likeness (QED) is 0.544. The van der Waals surface area contributed by atoms with Gasteiger partial charge in [-0.15, -0.1) is 0 Å². The van der Waals surface area contributed by atoms with Crippen LogP contribution < -0.4 is 5.43 Å². The monoisotopic (exact) mass is 289 g/mol. The van der Waals surface area contributed by atoms with Gasteiger partial charge in [0.25, 0.3) is 5.43 Å². The third kappa shape index (κ3) is 2.50. The molecule has 1 aromatic carbocycles. The molecule has 0 aliphatic heterocycles. The molecule has 0 N–H and O–H groups in total. The SMILES string of the molecule is O=c1ccn(Cc2nc3cc(F)ccc3o2)cc1[N+](=O)[O-]. The van der Waals surface area contributed by atoms with Crippen molar-refractivity contribution in [2.24, 2.45) is 0 Å². The summed E-state index contributed by atoms with van der Waals surface area (Å²) in [6, 6.07) is 5.03. The Balaban J connectivity index is 1.96. The Kier molecular flexibility index (Phi) is 2.98. The third-order valence-electron chi connectivity index (χ3n) is 2.87. The Morgan fingerprint density at radius 2 is 2.19 bits per heavy atom. The highest BCUT2D eigenvalue weighted by Crippen LogP contribution is 2.17. The number of hydrogen-bond acceptors (Lipinski definition) is 5. The molecule has 3 aromatic rings. The van der Waals surface area contributed by atoms with Crippen molar-refractivity contribution in [2.75, 3.05) is 0 Å². The summed E-state index contributed by atoms with van der Waals surface area (Å²) >= 11 is 0. The molecule has 0 bridgehead atoms. The second-order valence-electron chi connectivity index (χ2n) is 4.34. The first-order valence-corrected chi connectivity index (χ1v) is 5.92. The van der Waals surface area contributed by atoms with Gasteiger partial charge in [0, 0.05) is 18.3 Å². The highest BCUT2D eigenvalue weighted by molar-refractivity contribution is 5.72. The van der Waals surface area contributed by atoms with E-state index in [0.29, 0.717) is 11.1 Å². The molecule has 7 nitrogen and oxygen atoms in total. The Morgan fingerprint density at radius 3 is 2.95 bits per heavy atom. The van der Waals surface area contributed by atoms with E-state index < -0.39 is 21.9 Å². The molecule has 0 atom stereocenters. The Morgan fingerprint density at radius 1 is 1.38 bits per heavy atom. The van der Waals surface area contributed by atoms with Crippen LogP contribution in [-0.2, 0) is 6.54 Å². The predicted molar refractivity (Wildman–Crippen MR) is 70.4 cm³/mol. The third-order valence-corrected chi connectivity index (χ3v) is 2.87. The van der Waals surface area contributed by atoms with Crippen LogP contribution in [0.4, 0.5) is 10.1 Å². The van der Waals surface area contributed by atoms with Crippen molar-refractivity contribution in [2.45, 2.75) is 6.54 Å². The van der Waals surface area contributed by atoms with Crippen LogP contribution in [0.1, 0.15) is 5.89 Å². The molecule has 0 unspecified atom stereocenters. The van der Waals surface area contributed by atoms with Gasteiger partial charge in [0.05, 0.1) is 17.7 Å². The second-order valence-corrected chi connectivity index (χ2v) is 4.34. The molecular formula is C13H8FN3O4. The lowest BCUT2D eigenvalue weighted by atomic mass is 10.3. The second kappa shape index (κ2) is 4.82. The van der Waals surface area contributed by atoms with Crippen LogP contribution in [0, 0.1) is 15.9 Å². The van der Waals surface area contributed by atoms with Crippen LogP contribution in [0.3, 0.4) is 0 Å². The highest BCUT2D eigenvalue weighted by Gasteiger charge is 2.13. The number of pyridine rings is 1. The fourth-order valence-electron chi connectivity index (χ4n) is 1.92. The number of oxazole rings is 1. The molecule has 2 heterocycles. The minimum absolute atomic E-state index is 0.0947. The van der Waals surface area contributed by atoms with Gasteiger partial charge in [-0.2, -0.15) is 0 Å². The number of hydrogen-bond donors (Lipinski definition) is 0. The zero-order valence-corrected chi connectivity index (χ0v) is 10.5. The van der Waals surface area contributed by atoms with E-state index in [1.165, 1.54) is 29.0 Å². The first kappa shape index (κ1) is 13.0. The molecule has 2 aromatic heterocycles. The normalized spacial score (nSPS) is 10.9. The standard InChI is InChI=1S/C13H8FN3O4/c14-8-1-2-12-9(5-8)15-13(21-12)7-16-4-3-11(18)10(6-16)17(19)20/h1-6H,7H2. The number of rotatable bonds is 3. The van der Waals surface area contributed by atoms with Crippen molar-refractivity contribution in [3.05, 3.63) is 68.7 Å². The van der Waals surface area contributed by atoms with Crippen molar-refractivity contribution >= 4 is 16.8 Å². The first-order chi connectivity index (χ1) is 10.0. The van der Waals surface area contributed by atoms with Crippen molar-refractivity contribution < 1.29 is 13.7 Å². The first-order valence-electron chi connectivity index (χ1n) is 5.92. The smallest absolute Gasteiger partial charge is 0.332 e. The van der Waals surface area contributed by atoms with Gasteiger partial charge in [0.2, 0.25) is 5.89 Å². The van der Waals surface area contributed by atoms with E-state index in [-0.39, 0.29) is 12.4 Å². The van der Waals surface area contributed by atoms with Gasteiger partial charge < -0.3 is 8.98 Å². The largest absolute Gasteiger partial charge is 0.439 e. The van der Waals surface area contributed by atoms with Crippen molar-refractivity contribution in [3.8, 4) is 0 Å². The van der Waals surface area contributed by atoms with Crippen LogP contribution in [0.15, 0.2) is 45.9 Å². The number of benzene rings is 1. The number of nitro groups is 1.